The van der Waals surface area contributed by atoms with Gasteiger partial charge in [-0.25, -0.2) is 4.98 Å². The number of nitrogens with zero attached hydrogens (tertiary/aromatic N) is 2. The highest BCUT2D eigenvalue weighted by Gasteiger charge is 2.48. The van der Waals surface area contributed by atoms with Gasteiger partial charge in [0.25, 0.3) is 11.8 Å². The molecule has 0 bridgehead atoms. The summed E-state index contributed by atoms with van der Waals surface area (Å²) < 4.78 is -1.26. The van der Waals surface area contributed by atoms with E-state index in [0.29, 0.717) is 17.4 Å². The highest BCUT2D eigenvalue weighted by Crippen LogP contribution is 2.45. The fraction of sp³-hybridized carbons (Fsp3) is 0.235. The van der Waals surface area contributed by atoms with Crippen LogP contribution in [-0.2, 0) is 9.59 Å². The van der Waals surface area contributed by atoms with Crippen LogP contribution in [0.1, 0.15) is 13.8 Å². The second kappa shape index (κ2) is 6.45. The lowest BCUT2D eigenvalue weighted by Gasteiger charge is -2.38. The molecular formula is C17H16ClN3O2S. The van der Waals surface area contributed by atoms with Crippen LogP contribution in [0.3, 0.4) is 0 Å². The Balaban J connectivity index is 1.92. The summed E-state index contributed by atoms with van der Waals surface area (Å²) in [5.41, 5.74) is 0.838. The van der Waals surface area contributed by atoms with Crippen LogP contribution in [0.15, 0.2) is 47.5 Å². The maximum absolute atomic E-state index is 12.9. The van der Waals surface area contributed by atoms with E-state index in [1.165, 1.54) is 18.0 Å². The fourth-order valence-electron chi connectivity index (χ4n) is 2.54. The molecule has 0 saturated carbocycles. The van der Waals surface area contributed by atoms with Crippen molar-refractivity contribution in [3.8, 4) is 0 Å². The number of rotatable bonds is 3. The largest absolute Gasteiger partial charge is 0.310 e. The number of thioether (sulfide) groups is 1. The van der Waals surface area contributed by atoms with Crippen molar-refractivity contribution in [3.05, 3.63) is 47.6 Å². The van der Waals surface area contributed by atoms with Crippen LogP contribution in [0, 0.1) is 0 Å². The van der Waals surface area contributed by atoms with Crippen molar-refractivity contribution in [2.75, 3.05) is 16.8 Å². The van der Waals surface area contributed by atoms with E-state index < -0.39 is 10.7 Å². The minimum absolute atomic E-state index is 0.236. The molecule has 2 aromatic rings. The van der Waals surface area contributed by atoms with Gasteiger partial charge in [0.2, 0.25) is 0 Å². The number of carbonyl (C=O) groups excluding carboxylic acids is 2. The van der Waals surface area contributed by atoms with Crippen molar-refractivity contribution in [2.45, 2.75) is 23.5 Å². The van der Waals surface area contributed by atoms with E-state index >= 15 is 0 Å². The lowest BCUT2D eigenvalue weighted by Crippen LogP contribution is -2.54. The lowest BCUT2D eigenvalue weighted by atomic mass is 10.1. The normalized spacial score (nSPS) is 19.8. The lowest BCUT2D eigenvalue weighted by molar-refractivity contribution is -0.128. The van der Waals surface area contributed by atoms with Gasteiger partial charge in [-0.05, 0) is 38.1 Å². The molecule has 0 aliphatic carbocycles. The number of para-hydroxylation sites is 1. The van der Waals surface area contributed by atoms with Gasteiger partial charge < -0.3 is 10.2 Å². The van der Waals surface area contributed by atoms with Gasteiger partial charge in [0, 0.05) is 17.6 Å². The molecule has 5 nitrogen and oxygen atoms in total. The highest BCUT2D eigenvalue weighted by atomic mass is 35.5. The van der Waals surface area contributed by atoms with Crippen molar-refractivity contribution >= 4 is 46.7 Å². The molecule has 1 aromatic carbocycles. The molecule has 1 unspecified atom stereocenters. The number of carbonyl (C=O) groups is 2. The first-order chi connectivity index (χ1) is 11.5. The summed E-state index contributed by atoms with van der Waals surface area (Å²) in [5.74, 6) is -0.277. The maximum atomic E-state index is 12.9. The average Bonchev–Trinajstić information content (AvgIpc) is 2.58. The van der Waals surface area contributed by atoms with Gasteiger partial charge in [0.05, 0.1) is 10.7 Å². The number of aromatic nitrogens is 1. The number of hydrogen-bond acceptors (Lipinski definition) is 4. The van der Waals surface area contributed by atoms with Gasteiger partial charge in [0.15, 0.2) is 4.75 Å². The maximum Gasteiger partial charge on any atom is 0.252 e. The van der Waals surface area contributed by atoms with Crippen molar-refractivity contribution in [3.63, 3.8) is 0 Å². The van der Waals surface area contributed by atoms with Crippen molar-refractivity contribution in [1.29, 1.82) is 0 Å². The molecular weight excluding hydrogens is 346 g/mol. The first-order valence-electron chi connectivity index (χ1n) is 7.48. The van der Waals surface area contributed by atoms with Gasteiger partial charge >= 0.3 is 0 Å². The summed E-state index contributed by atoms with van der Waals surface area (Å²) in [6, 6.07) is 10.8. The third-order valence-corrected chi connectivity index (χ3v) is 5.40. The molecule has 0 radical (unpaired) electrons. The number of pyridine rings is 1. The minimum atomic E-state index is -1.26. The molecule has 2 amide bonds. The monoisotopic (exact) mass is 361 g/mol. The molecule has 1 atom stereocenters. The molecule has 1 N–H and O–H groups in total. The SMILES string of the molecule is CCN1C(=O)C(C)(C(=O)Nc2ccc(Cl)cn2)Sc2ccccc21. The summed E-state index contributed by atoms with van der Waals surface area (Å²) in [5, 5.41) is 3.19. The van der Waals surface area contributed by atoms with Crippen LogP contribution >= 0.6 is 23.4 Å². The Morgan fingerprint density at radius 1 is 1.33 bits per heavy atom. The Morgan fingerprint density at radius 2 is 2.08 bits per heavy atom. The Bertz CT molecular complexity index is 797. The van der Waals surface area contributed by atoms with Crippen LogP contribution in [0.4, 0.5) is 11.5 Å². The number of benzene rings is 1. The zero-order valence-electron chi connectivity index (χ0n) is 13.2. The molecule has 0 saturated heterocycles. The zero-order chi connectivity index (χ0) is 17.3. The number of halogens is 1. The number of fused-ring (bicyclic) bond motifs is 1. The molecule has 3 rings (SSSR count). The van der Waals surface area contributed by atoms with E-state index in [0.717, 1.165) is 10.6 Å². The fourth-order valence-corrected chi connectivity index (χ4v) is 3.86. The Hall–Kier alpha value is -2.05. The van der Waals surface area contributed by atoms with Crippen LogP contribution in [-0.4, -0.2) is 28.1 Å². The van der Waals surface area contributed by atoms with E-state index in [-0.39, 0.29) is 5.91 Å². The predicted molar refractivity (Wildman–Crippen MR) is 96.6 cm³/mol. The number of nitrogens with one attached hydrogen (secondary N) is 1. The number of anilines is 2. The van der Waals surface area contributed by atoms with Crippen molar-refractivity contribution in [1.82, 2.24) is 4.98 Å². The van der Waals surface area contributed by atoms with Crippen LogP contribution in [0.5, 0.6) is 0 Å². The van der Waals surface area contributed by atoms with E-state index in [4.69, 9.17) is 11.6 Å². The van der Waals surface area contributed by atoms with Crippen LogP contribution in [0.25, 0.3) is 0 Å². The predicted octanol–water partition coefficient (Wildman–Crippen LogP) is 3.59. The number of amides is 2. The van der Waals surface area contributed by atoms with Crippen molar-refractivity contribution in [2.24, 2.45) is 0 Å². The Kier molecular flexibility index (Phi) is 4.51. The summed E-state index contributed by atoms with van der Waals surface area (Å²) in [7, 11) is 0. The summed E-state index contributed by atoms with van der Waals surface area (Å²) in [4.78, 5) is 32.3. The second-order valence-corrected chi connectivity index (χ2v) is 7.37. The Morgan fingerprint density at radius 3 is 2.75 bits per heavy atom. The third-order valence-electron chi connectivity index (χ3n) is 3.84. The van der Waals surface area contributed by atoms with E-state index in [2.05, 4.69) is 10.3 Å². The molecule has 24 heavy (non-hydrogen) atoms. The van der Waals surface area contributed by atoms with E-state index in [9.17, 15) is 9.59 Å². The molecule has 0 fully saturated rings. The summed E-state index contributed by atoms with van der Waals surface area (Å²) >= 11 is 7.06. The van der Waals surface area contributed by atoms with Crippen LogP contribution in [0.2, 0.25) is 5.02 Å². The van der Waals surface area contributed by atoms with Crippen LogP contribution < -0.4 is 10.2 Å². The quantitative estimate of drug-likeness (QED) is 0.848. The summed E-state index contributed by atoms with van der Waals surface area (Å²) in [6.07, 6.45) is 1.45. The molecule has 1 aliphatic rings. The molecule has 1 aromatic heterocycles. The standard InChI is InChI=1S/C17H16ClN3O2S/c1-3-21-12-6-4-5-7-13(12)24-17(2,16(21)23)15(22)20-14-9-8-11(18)10-19-14/h4-10H,3H2,1-2H3,(H,19,20,22). The zero-order valence-corrected chi connectivity index (χ0v) is 14.8. The molecule has 1 aliphatic heterocycles. The minimum Gasteiger partial charge on any atom is -0.310 e. The average molecular weight is 362 g/mol. The first-order valence-corrected chi connectivity index (χ1v) is 8.68. The first kappa shape index (κ1) is 16.8. The molecule has 0 spiro atoms. The molecule has 2 heterocycles. The molecule has 7 heteroatoms. The number of hydrogen-bond donors (Lipinski definition) is 1. The molecule has 124 valence electrons. The highest BCUT2D eigenvalue weighted by molar-refractivity contribution is 8.02. The third kappa shape index (κ3) is 2.87. The van der Waals surface area contributed by atoms with Gasteiger partial charge in [-0.2, -0.15) is 0 Å². The summed E-state index contributed by atoms with van der Waals surface area (Å²) in [6.45, 7) is 4.03. The van der Waals surface area contributed by atoms with E-state index in [1.807, 2.05) is 31.2 Å². The van der Waals surface area contributed by atoms with Gasteiger partial charge in [-0.3, -0.25) is 9.59 Å². The topological polar surface area (TPSA) is 62.3 Å². The van der Waals surface area contributed by atoms with Gasteiger partial charge in [0.1, 0.15) is 5.82 Å². The van der Waals surface area contributed by atoms with Gasteiger partial charge in [-0.15, -0.1) is 0 Å². The van der Waals surface area contributed by atoms with Gasteiger partial charge in [-0.1, -0.05) is 35.5 Å². The second-order valence-electron chi connectivity index (χ2n) is 5.47. The van der Waals surface area contributed by atoms with Crippen molar-refractivity contribution < 1.29 is 9.59 Å². The van der Waals surface area contributed by atoms with E-state index in [1.54, 1.807) is 24.0 Å². The smallest absolute Gasteiger partial charge is 0.252 e. The Labute approximate surface area is 149 Å².